The Balaban J connectivity index is 1.27. The van der Waals surface area contributed by atoms with Crippen molar-refractivity contribution in [1.29, 1.82) is 0 Å². The number of carbonyl (C=O) groups excluding carboxylic acids is 3. The number of aliphatic hydroxyl groups excluding tert-OH is 1. The van der Waals surface area contributed by atoms with E-state index in [4.69, 9.17) is 4.74 Å². The van der Waals surface area contributed by atoms with Gasteiger partial charge >= 0.3 is 5.97 Å². The van der Waals surface area contributed by atoms with Gasteiger partial charge in [0.2, 0.25) is 11.8 Å². The molecule has 5 rings (SSSR count). The number of nitrogens with one attached hydrogen (secondary N) is 1. The first kappa shape index (κ1) is 25.0. The minimum Gasteiger partial charge on any atom is -0.452 e. The van der Waals surface area contributed by atoms with Crippen molar-refractivity contribution in [3.63, 3.8) is 0 Å². The van der Waals surface area contributed by atoms with Gasteiger partial charge in [-0.15, -0.1) is 11.8 Å². The van der Waals surface area contributed by atoms with Crippen molar-refractivity contribution in [2.24, 2.45) is 5.41 Å². The largest absolute Gasteiger partial charge is 0.452 e. The van der Waals surface area contributed by atoms with Crippen molar-refractivity contribution in [2.75, 3.05) is 18.9 Å². The highest BCUT2D eigenvalue weighted by Gasteiger charge is 2.58. The highest BCUT2D eigenvalue weighted by atomic mass is 32.2. The van der Waals surface area contributed by atoms with Crippen molar-refractivity contribution in [3.05, 3.63) is 108 Å². The number of hydrogen-bond acceptors (Lipinski definition) is 6. The first-order chi connectivity index (χ1) is 18.0. The standard InChI is InChI=1S/C29H28N2O5S/c32-18-29(28(35)36-25(21-12-6-2-7-13-21)22-14-8-3-9-15-22)17-31-26(34)24(27(31)37-19-29)30-23(33)16-20-10-4-1-5-11-20/h1-15,24-25,27,32H,16-19H2,(H,30,33)/t24?,27-,29?/m1/s1. The maximum absolute atomic E-state index is 13.6. The zero-order chi connectivity index (χ0) is 25.8. The third-order valence-corrected chi connectivity index (χ3v) is 8.42. The van der Waals surface area contributed by atoms with E-state index < -0.39 is 30.1 Å². The molecular weight excluding hydrogens is 488 g/mol. The lowest BCUT2D eigenvalue weighted by molar-refractivity contribution is -0.168. The number of rotatable bonds is 8. The predicted molar refractivity (Wildman–Crippen MR) is 140 cm³/mol. The Kier molecular flexibility index (Phi) is 7.30. The Hall–Kier alpha value is -3.62. The molecule has 37 heavy (non-hydrogen) atoms. The van der Waals surface area contributed by atoms with Gasteiger partial charge in [0, 0.05) is 12.3 Å². The number of thioether (sulfide) groups is 1. The molecule has 0 aliphatic carbocycles. The molecular formula is C29H28N2O5S. The van der Waals surface area contributed by atoms with Gasteiger partial charge in [-0.25, -0.2) is 0 Å². The number of hydrogen-bond donors (Lipinski definition) is 2. The summed E-state index contributed by atoms with van der Waals surface area (Å²) in [6.07, 6.45) is -0.451. The maximum Gasteiger partial charge on any atom is 0.318 e. The van der Waals surface area contributed by atoms with E-state index >= 15 is 0 Å². The molecule has 0 aromatic heterocycles. The zero-order valence-corrected chi connectivity index (χ0v) is 21.0. The van der Waals surface area contributed by atoms with E-state index in [2.05, 4.69) is 5.32 Å². The molecule has 2 amide bonds. The Morgan fingerprint density at radius 1 is 0.973 bits per heavy atom. The molecule has 2 saturated heterocycles. The van der Waals surface area contributed by atoms with E-state index in [1.54, 1.807) is 4.90 Å². The summed E-state index contributed by atoms with van der Waals surface area (Å²) in [6.45, 7) is -0.406. The molecule has 0 saturated carbocycles. The number of aliphatic hydroxyl groups is 1. The second kappa shape index (κ2) is 10.8. The number of amides is 2. The minimum absolute atomic E-state index is 0.0419. The first-order valence-corrected chi connectivity index (χ1v) is 13.2. The fourth-order valence-electron chi connectivity index (χ4n) is 4.73. The summed E-state index contributed by atoms with van der Waals surface area (Å²) in [5, 5.41) is 12.9. The van der Waals surface area contributed by atoms with Gasteiger partial charge in [-0.05, 0) is 16.7 Å². The zero-order valence-electron chi connectivity index (χ0n) is 20.2. The van der Waals surface area contributed by atoms with Gasteiger partial charge in [-0.3, -0.25) is 14.4 Å². The van der Waals surface area contributed by atoms with Crippen LogP contribution in [-0.4, -0.2) is 58.1 Å². The van der Waals surface area contributed by atoms with Gasteiger partial charge in [-0.1, -0.05) is 91.0 Å². The van der Waals surface area contributed by atoms with Gasteiger partial charge in [0.15, 0.2) is 6.10 Å². The highest BCUT2D eigenvalue weighted by molar-refractivity contribution is 8.00. The molecule has 7 nitrogen and oxygen atoms in total. The number of carbonyl (C=O) groups is 3. The average Bonchev–Trinajstić information content (AvgIpc) is 2.95. The molecule has 2 heterocycles. The SMILES string of the molecule is O=C(Cc1ccccc1)NC1C(=O)N2CC(CO)(C(=O)OC(c3ccccc3)c3ccccc3)CS[C@H]12. The summed E-state index contributed by atoms with van der Waals surface area (Å²) in [7, 11) is 0. The third kappa shape index (κ3) is 5.12. The van der Waals surface area contributed by atoms with Crippen LogP contribution in [0.3, 0.4) is 0 Å². The molecule has 0 bridgehead atoms. The topological polar surface area (TPSA) is 95.9 Å². The van der Waals surface area contributed by atoms with Gasteiger partial charge < -0.3 is 20.1 Å². The molecule has 3 aromatic rings. The van der Waals surface area contributed by atoms with Gasteiger partial charge in [0.1, 0.15) is 16.8 Å². The molecule has 8 heteroatoms. The van der Waals surface area contributed by atoms with Crippen LogP contribution in [0.15, 0.2) is 91.0 Å². The molecule has 2 unspecified atom stereocenters. The summed E-state index contributed by atoms with van der Waals surface area (Å²) in [6, 6.07) is 27.6. The van der Waals surface area contributed by atoms with Crippen LogP contribution < -0.4 is 5.32 Å². The Bertz CT molecular complexity index is 1220. The summed E-state index contributed by atoms with van der Waals surface area (Å²) in [5.74, 6) is -0.760. The summed E-state index contributed by atoms with van der Waals surface area (Å²) in [5.41, 5.74) is 1.25. The van der Waals surface area contributed by atoms with Gasteiger partial charge in [-0.2, -0.15) is 0 Å². The van der Waals surface area contributed by atoms with E-state index in [0.717, 1.165) is 16.7 Å². The first-order valence-electron chi connectivity index (χ1n) is 12.2. The van der Waals surface area contributed by atoms with E-state index in [-0.39, 0.29) is 35.9 Å². The Labute approximate surface area is 219 Å². The van der Waals surface area contributed by atoms with Crippen molar-refractivity contribution in [1.82, 2.24) is 10.2 Å². The molecule has 190 valence electrons. The Morgan fingerprint density at radius 3 is 2.11 bits per heavy atom. The molecule has 2 aliphatic rings. The van der Waals surface area contributed by atoms with Crippen molar-refractivity contribution >= 4 is 29.5 Å². The van der Waals surface area contributed by atoms with Crippen LogP contribution in [0.2, 0.25) is 0 Å². The smallest absolute Gasteiger partial charge is 0.318 e. The van der Waals surface area contributed by atoms with Gasteiger partial charge in [0.25, 0.3) is 0 Å². The minimum atomic E-state index is -1.25. The van der Waals surface area contributed by atoms with E-state index in [0.29, 0.717) is 0 Å². The van der Waals surface area contributed by atoms with Gasteiger partial charge in [0.05, 0.1) is 13.0 Å². The molecule has 0 spiro atoms. The second-order valence-corrected chi connectivity index (χ2v) is 10.5. The highest BCUT2D eigenvalue weighted by Crippen LogP contribution is 2.43. The number of nitrogens with zero attached hydrogens (tertiary/aromatic N) is 1. The van der Waals surface area contributed by atoms with Crippen LogP contribution in [0.1, 0.15) is 22.8 Å². The predicted octanol–water partition coefficient (Wildman–Crippen LogP) is 2.94. The molecule has 2 aliphatic heterocycles. The third-order valence-electron chi connectivity index (χ3n) is 6.83. The normalized spacial score (nSPS) is 22.6. The Morgan fingerprint density at radius 2 is 1.54 bits per heavy atom. The number of ether oxygens (including phenoxy) is 1. The fourth-order valence-corrected chi connectivity index (χ4v) is 6.26. The van der Waals surface area contributed by atoms with E-state index in [9.17, 15) is 19.5 Å². The average molecular weight is 517 g/mol. The van der Waals surface area contributed by atoms with Crippen LogP contribution in [-0.2, 0) is 25.5 Å². The molecule has 2 N–H and O–H groups in total. The van der Waals surface area contributed by atoms with Crippen LogP contribution in [0.25, 0.3) is 0 Å². The summed E-state index contributed by atoms with van der Waals surface area (Å²) < 4.78 is 6.04. The fraction of sp³-hybridized carbons (Fsp3) is 0.276. The lowest BCUT2D eigenvalue weighted by Gasteiger charge is -2.53. The lowest BCUT2D eigenvalue weighted by Crippen LogP contribution is -2.74. The van der Waals surface area contributed by atoms with Crippen molar-refractivity contribution in [3.8, 4) is 0 Å². The van der Waals surface area contributed by atoms with Crippen molar-refractivity contribution in [2.45, 2.75) is 23.9 Å². The van der Waals surface area contributed by atoms with E-state index in [1.165, 1.54) is 11.8 Å². The van der Waals surface area contributed by atoms with Crippen LogP contribution in [0, 0.1) is 5.41 Å². The maximum atomic E-state index is 13.6. The molecule has 2 fully saturated rings. The number of β-lactam (4-membered cyclic amide) rings is 1. The van der Waals surface area contributed by atoms with Crippen LogP contribution >= 0.6 is 11.8 Å². The van der Waals surface area contributed by atoms with Crippen LogP contribution in [0.5, 0.6) is 0 Å². The summed E-state index contributed by atoms with van der Waals surface area (Å²) >= 11 is 1.38. The monoisotopic (exact) mass is 516 g/mol. The molecule has 3 atom stereocenters. The lowest BCUT2D eigenvalue weighted by atomic mass is 9.87. The van der Waals surface area contributed by atoms with Crippen LogP contribution in [0.4, 0.5) is 0 Å². The number of fused-ring (bicyclic) bond motifs is 1. The summed E-state index contributed by atoms with van der Waals surface area (Å²) in [4.78, 5) is 40.6. The van der Waals surface area contributed by atoms with Crippen molar-refractivity contribution < 1.29 is 24.2 Å². The second-order valence-electron chi connectivity index (χ2n) is 9.42. The molecule has 0 radical (unpaired) electrons. The number of esters is 1. The number of benzene rings is 3. The van der Waals surface area contributed by atoms with E-state index in [1.807, 2.05) is 91.0 Å². The quantitative estimate of drug-likeness (QED) is 0.353. The molecule has 3 aromatic carbocycles.